The minimum Gasteiger partial charge on any atom is -0.154 e. The zero-order valence-corrected chi connectivity index (χ0v) is 23.0. The van der Waals surface area contributed by atoms with Crippen LogP contribution in [-0.4, -0.2) is 5.43 Å². The van der Waals surface area contributed by atoms with Crippen molar-refractivity contribution in [3.63, 3.8) is 0 Å². The third-order valence-electron chi connectivity index (χ3n) is 4.85. The summed E-state index contributed by atoms with van der Waals surface area (Å²) in [5.74, 6) is 0. The molecule has 0 aliphatic rings. The van der Waals surface area contributed by atoms with Gasteiger partial charge in [0.1, 0.15) is 0 Å². The molecule has 0 fully saturated rings. The van der Waals surface area contributed by atoms with Crippen molar-refractivity contribution in [1.29, 1.82) is 0 Å². The third-order valence-corrected chi connectivity index (χ3v) is 4.85. The molecule has 0 saturated carbocycles. The second-order valence-electron chi connectivity index (χ2n) is 7.36. The molecular formula is C26H28Cl2SiZr. The quantitative estimate of drug-likeness (QED) is 0.139. The van der Waals surface area contributed by atoms with Gasteiger partial charge in [-0.3, -0.25) is 0 Å². The van der Waals surface area contributed by atoms with Gasteiger partial charge in [0, 0.05) is 0 Å². The second kappa shape index (κ2) is 12.6. The van der Waals surface area contributed by atoms with Gasteiger partial charge in [-0.1, -0.05) is 56.3 Å². The monoisotopic (exact) mass is 528 g/mol. The van der Waals surface area contributed by atoms with Crippen molar-refractivity contribution in [2.45, 2.75) is 26.9 Å². The topological polar surface area (TPSA) is 0 Å². The number of rotatable bonds is 0. The summed E-state index contributed by atoms with van der Waals surface area (Å²) in [6.07, 6.45) is 0. The van der Waals surface area contributed by atoms with Gasteiger partial charge in [0.2, 0.25) is 0 Å². The van der Waals surface area contributed by atoms with Gasteiger partial charge in [0.15, 0.2) is 0 Å². The standard InChI is InChI=1S/C13H9.C11H11.C2H6Si.2ClH.Zr/c1-3-7-12-10(5-1)9-11-6-2-4-8-13(11)12;1-8-7-10-5-3-4-6-11(10)9(8)2;1-3-2;;;/h1-9H;3-7H,1-2H3;1-2H3;2*1H;/q2*-1;;;;+2. The van der Waals surface area contributed by atoms with E-state index in [1.165, 1.54) is 43.4 Å². The molecule has 5 aromatic rings. The summed E-state index contributed by atoms with van der Waals surface area (Å²) in [6.45, 7) is 8.96. The van der Waals surface area contributed by atoms with Gasteiger partial charge in [-0.05, 0) is 0 Å². The van der Waals surface area contributed by atoms with Crippen LogP contribution >= 0.6 is 24.8 Å². The minimum atomic E-state index is 0. The van der Waals surface area contributed by atoms with Crippen LogP contribution in [0.15, 0.2) is 84.9 Å². The van der Waals surface area contributed by atoms with Gasteiger partial charge in [-0.25, -0.2) is 0 Å². The van der Waals surface area contributed by atoms with Crippen LogP contribution in [0.25, 0.3) is 32.3 Å². The van der Waals surface area contributed by atoms with Crippen molar-refractivity contribution in [1.82, 2.24) is 0 Å². The van der Waals surface area contributed by atoms with E-state index < -0.39 is 0 Å². The fraction of sp³-hybridized carbons (Fsp3) is 0.154. The molecule has 154 valence electrons. The Hall–Kier alpha value is -1.18. The predicted molar refractivity (Wildman–Crippen MR) is 138 cm³/mol. The Bertz CT molecular complexity index is 1180. The zero-order chi connectivity index (χ0) is 20.1. The summed E-state index contributed by atoms with van der Waals surface area (Å²) in [7, 11) is 0. The smallest absolute Gasteiger partial charge is 0.0576 e. The summed E-state index contributed by atoms with van der Waals surface area (Å²) < 4.78 is 0. The molecule has 0 aromatic heterocycles. The van der Waals surface area contributed by atoms with Gasteiger partial charge in [-0.15, -0.1) is 105 Å². The number of fused-ring (bicyclic) bond motifs is 4. The molecular weight excluding hydrogens is 503 g/mol. The average Bonchev–Trinajstić information content (AvgIpc) is 3.20. The number of aryl methyl sites for hydroxylation is 2. The Kier molecular flexibility index (Phi) is 11.3. The molecule has 4 heteroatoms. The van der Waals surface area contributed by atoms with Gasteiger partial charge in [-0.2, -0.15) is 5.56 Å². The first-order valence-electron chi connectivity index (χ1n) is 9.64. The van der Waals surface area contributed by atoms with Crippen LogP contribution in [0.1, 0.15) is 11.1 Å². The average molecular weight is 531 g/mol. The first-order chi connectivity index (χ1) is 13.5. The van der Waals surface area contributed by atoms with E-state index in [-0.39, 0.29) is 30.2 Å². The molecule has 0 saturated heterocycles. The largest absolute Gasteiger partial charge is 0.154 e. The Balaban J connectivity index is 0.000000244. The Morgan fingerprint density at radius 2 is 0.933 bits per heavy atom. The fourth-order valence-electron chi connectivity index (χ4n) is 3.42. The maximum atomic E-state index is 2.31. The van der Waals surface area contributed by atoms with Crippen molar-refractivity contribution >= 4 is 62.6 Å². The van der Waals surface area contributed by atoms with Crippen LogP contribution in [0.4, 0.5) is 0 Å². The molecule has 0 atom stereocenters. The maximum Gasteiger partial charge on any atom is -0.0576 e. The fourth-order valence-corrected chi connectivity index (χ4v) is 3.42. The predicted octanol–water partition coefficient (Wildman–Crippen LogP) is 8.52. The van der Waals surface area contributed by atoms with Crippen LogP contribution in [-0.2, 0) is 23.3 Å². The molecule has 5 aromatic carbocycles. The van der Waals surface area contributed by atoms with Crippen LogP contribution < -0.4 is 0 Å². The molecule has 30 heavy (non-hydrogen) atoms. The van der Waals surface area contributed by atoms with E-state index >= 15 is 0 Å². The number of halogens is 2. The number of hydrogen-bond acceptors (Lipinski definition) is 0. The first-order valence-corrected chi connectivity index (χ1v) is 15.8. The Labute approximate surface area is 207 Å². The van der Waals surface area contributed by atoms with E-state index in [2.05, 4.69) is 112 Å². The van der Waals surface area contributed by atoms with Crippen molar-refractivity contribution in [2.75, 3.05) is 0 Å². The normalized spacial score (nSPS) is 9.67. The van der Waals surface area contributed by atoms with Crippen molar-refractivity contribution in [3.8, 4) is 0 Å². The first kappa shape index (κ1) is 26.9. The molecule has 0 aliphatic heterocycles. The van der Waals surface area contributed by atoms with E-state index in [9.17, 15) is 0 Å². The molecule has 0 amide bonds. The van der Waals surface area contributed by atoms with E-state index in [0.29, 0.717) is 0 Å². The van der Waals surface area contributed by atoms with Gasteiger partial charge >= 0.3 is 41.9 Å². The Morgan fingerprint density at radius 3 is 1.33 bits per heavy atom. The molecule has 0 N–H and O–H groups in total. The van der Waals surface area contributed by atoms with Crippen molar-refractivity contribution < 1.29 is 23.3 Å². The van der Waals surface area contributed by atoms with Crippen LogP contribution in [0.2, 0.25) is 13.1 Å². The zero-order valence-electron chi connectivity index (χ0n) is 17.9. The van der Waals surface area contributed by atoms with Gasteiger partial charge in [0.05, 0.1) is 0 Å². The number of benzene rings is 3. The SMILES string of the molecule is C[Si](C)=[Zr+2].Cc1[cH-]c2ccccc2c1C.Cl.Cl.c1ccc2c(c1)[cH-]c1ccccc12. The van der Waals surface area contributed by atoms with Crippen molar-refractivity contribution in [2.24, 2.45) is 0 Å². The molecule has 5 rings (SSSR count). The van der Waals surface area contributed by atoms with Crippen LogP contribution in [0.3, 0.4) is 0 Å². The maximum absolute atomic E-state index is 2.31. The van der Waals surface area contributed by atoms with Gasteiger partial charge < -0.3 is 0 Å². The van der Waals surface area contributed by atoms with E-state index in [1.54, 1.807) is 23.3 Å². The number of hydrogen-bond donors (Lipinski definition) is 0. The third kappa shape index (κ3) is 6.66. The Morgan fingerprint density at radius 1 is 0.600 bits per heavy atom. The molecule has 0 bridgehead atoms. The molecule has 0 heterocycles. The van der Waals surface area contributed by atoms with E-state index in [0.717, 1.165) is 0 Å². The summed E-state index contributed by atoms with van der Waals surface area (Å²) >= 11 is 1.74. The summed E-state index contributed by atoms with van der Waals surface area (Å²) in [4.78, 5) is 0. The van der Waals surface area contributed by atoms with E-state index in [1.807, 2.05) is 0 Å². The molecule has 0 nitrogen and oxygen atoms in total. The molecule has 0 spiro atoms. The van der Waals surface area contributed by atoms with E-state index in [4.69, 9.17) is 0 Å². The summed E-state index contributed by atoms with van der Waals surface area (Å²) in [5.41, 5.74) is 3.02. The molecule has 0 unspecified atom stereocenters. The van der Waals surface area contributed by atoms with Gasteiger partial charge in [0.25, 0.3) is 0 Å². The van der Waals surface area contributed by atoms with Crippen LogP contribution in [0, 0.1) is 13.8 Å². The van der Waals surface area contributed by atoms with Crippen LogP contribution in [0.5, 0.6) is 0 Å². The second-order valence-corrected chi connectivity index (χ2v) is 16.7. The molecule has 0 radical (unpaired) electrons. The van der Waals surface area contributed by atoms with Crippen molar-refractivity contribution in [3.05, 3.63) is 96.1 Å². The minimum absolute atomic E-state index is 0. The summed E-state index contributed by atoms with van der Waals surface area (Å²) in [6, 6.07) is 30.0. The molecule has 0 aliphatic carbocycles. The summed E-state index contributed by atoms with van der Waals surface area (Å²) in [5, 5.41) is 8.15.